The molecule has 0 aromatic heterocycles. The average Bonchev–Trinajstić information content (AvgIpc) is 2.41. The summed E-state index contributed by atoms with van der Waals surface area (Å²) in [6.45, 7) is 2.53. The van der Waals surface area contributed by atoms with E-state index >= 15 is 0 Å². The fourth-order valence-corrected chi connectivity index (χ4v) is 2.73. The Labute approximate surface area is 108 Å². The normalized spacial score (nSPS) is 23.9. The first-order valence-corrected chi connectivity index (χ1v) is 6.88. The first-order valence-electron chi connectivity index (χ1n) is 6.88. The highest BCUT2D eigenvalue weighted by atomic mass is 19.1. The topological polar surface area (TPSA) is 35.2 Å². The van der Waals surface area contributed by atoms with Crippen molar-refractivity contribution in [2.45, 2.75) is 51.7 Å². The monoisotopic (exact) mass is 251 g/mol. The van der Waals surface area contributed by atoms with Crippen LogP contribution >= 0.6 is 0 Å². The third-order valence-electron chi connectivity index (χ3n) is 3.87. The fraction of sp³-hybridized carbons (Fsp3) is 0.600. The lowest BCUT2D eigenvalue weighted by Crippen LogP contribution is -2.26. The molecule has 3 heteroatoms. The van der Waals surface area contributed by atoms with E-state index in [-0.39, 0.29) is 11.9 Å². The Bertz CT molecular complexity index is 394. The van der Waals surface area contributed by atoms with Crippen molar-refractivity contribution in [2.75, 3.05) is 0 Å². The molecule has 0 radical (unpaired) electrons. The summed E-state index contributed by atoms with van der Waals surface area (Å²) < 4.78 is 19.7. The molecule has 0 amide bonds. The van der Waals surface area contributed by atoms with E-state index in [4.69, 9.17) is 10.5 Å². The van der Waals surface area contributed by atoms with Crippen LogP contribution in [0.15, 0.2) is 18.2 Å². The first-order chi connectivity index (χ1) is 8.74. The fourth-order valence-electron chi connectivity index (χ4n) is 2.73. The lowest BCUT2D eigenvalue weighted by atomic mass is 9.85. The van der Waals surface area contributed by atoms with Gasteiger partial charge in [0.1, 0.15) is 0 Å². The molecule has 18 heavy (non-hydrogen) atoms. The van der Waals surface area contributed by atoms with Crippen molar-refractivity contribution in [2.24, 2.45) is 11.7 Å². The number of hydrogen-bond acceptors (Lipinski definition) is 2. The summed E-state index contributed by atoms with van der Waals surface area (Å²) >= 11 is 0. The lowest BCUT2D eigenvalue weighted by Gasteiger charge is -2.29. The van der Waals surface area contributed by atoms with Gasteiger partial charge in [0.05, 0.1) is 6.10 Å². The van der Waals surface area contributed by atoms with E-state index in [1.807, 2.05) is 6.07 Å². The van der Waals surface area contributed by atoms with Crippen LogP contribution in [-0.4, -0.2) is 6.10 Å². The number of nitrogens with two attached hydrogens (primary N) is 1. The molecule has 2 atom stereocenters. The van der Waals surface area contributed by atoms with E-state index in [0.29, 0.717) is 12.3 Å². The summed E-state index contributed by atoms with van der Waals surface area (Å²) in [6.07, 6.45) is 5.84. The van der Waals surface area contributed by atoms with Gasteiger partial charge in [-0.2, -0.15) is 0 Å². The molecule has 2 N–H and O–H groups in total. The number of ether oxygens (including phenoxy) is 1. The molecular formula is C15H22FNO. The van der Waals surface area contributed by atoms with Crippen LogP contribution in [0.25, 0.3) is 0 Å². The van der Waals surface area contributed by atoms with Crippen molar-refractivity contribution in [1.82, 2.24) is 0 Å². The quantitative estimate of drug-likeness (QED) is 0.886. The standard InChI is InChI=1S/C15H22FNO/c1-2-11-5-3-7-13(9-11)18-15-12(10-17)6-4-8-14(15)16/h4,6,8,11,13H,2-3,5,7,9-10,17H2,1H3. The zero-order valence-corrected chi connectivity index (χ0v) is 11.0. The predicted octanol–water partition coefficient (Wildman–Crippen LogP) is 3.63. The minimum Gasteiger partial charge on any atom is -0.487 e. The molecule has 100 valence electrons. The zero-order chi connectivity index (χ0) is 13.0. The molecule has 2 nitrogen and oxygen atoms in total. The molecule has 2 rings (SSSR count). The molecule has 1 aromatic carbocycles. The Balaban J connectivity index is 2.09. The molecule has 0 heterocycles. The van der Waals surface area contributed by atoms with Crippen molar-refractivity contribution >= 4 is 0 Å². The maximum atomic E-state index is 13.8. The summed E-state index contributed by atoms with van der Waals surface area (Å²) in [5.74, 6) is 0.787. The van der Waals surface area contributed by atoms with Crippen LogP contribution in [0, 0.1) is 11.7 Å². The van der Waals surface area contributed by atoms with Crippen LogP contribution in [0.1, 0.15) is 44.6 Å². The van der Waals surface area contributed by atoms with Gasteiger partial charge in [0, 0.05) is 12.1 Å². The number of halogens is 1. The molecule has 1 saturated carbocycles. The second-order valence-electron chi connectivity index (χ2n) is 5.11. The first kappa shape index (κ1) is 13.3. The highest BCUT2D eigenvalue weighted by molar-refractivity contribution is 5.35. The van der Waals surface area contributed by atoms with Crippen LogP contribution < -0.4 is 10.5 Å². The highest BCUT2D eigenvalue weighted by Gasteiger charge is 2.23. The third kappa shape index (κ3) is 3.02. The lowest BCUT2D eigenvalue weighted by molar-refractivity contribution is 0.116. The predicted molar refractivity (Wildman–Crippen MR) is 71.0 cm³/mol. The molecular weight excluding hydrogens is 229 g/mol. The Morgan fingerprint density at radius 3 is 2.94 bits per heavy atom. The van der Waals surface area contributed by atoms with Gasteiger partial charge in [-0.05, 0) is 31.2 Å². The second kappa shape index (κ2) is 6.19. The van der Waals surface area contributed by atoms with Crippen molar-refractivity contribution in [3.8, 4) is 5.75 Å². The van der Waals surface area contributed by atoms with Crippen LogP contribution in [0.4, 0.5) is 4.39 Å². The number of hydrogen-bond donors (Lipinski definition) is 1. The van der Waals surface area contributed by atoms with Crippen molar-refractivity contribution in [1.29, 1.82) is 0 Å². The summed E-state index contributed by atoms with van der Waals surface area (Å²) in [6, 6.07) is 4.95. The SMILES string of the molecule is CCC1CCCC(Oc2c(F)cccc2CN)C1. The molecule has 1 aromatic rings. The van der Waals surface area contributed by atoms with E-state index in [2.05, 4.69) is 6.92 Å². The van der Waals surface area contributed by atoms with E-state index in [1.54, 1.807) is 6.07 Å². The van der Waals surface area contributed by atoms with E-state index < -0.39 is 0 Å². The Morgan fingerprint density at radius 2 is 2.22 bits per heavy atom. The number of para-hydroxylation sites is 1. The summed E-state index contributed by atoms with van der Waals surface area (Å²) in [5, 5.41) is 0. The van der Waals surface area contributed by atoms with Gasteiger partial charge in [0.25, 0.3) is 0 Å². The van der Waals surface area contributed by atoms with Gasteiger partial charge in [-0.25, -0.2) is 4.39 Å². The molecule has 0 bridgehead atoms. The van der Waals surface area contributed by atoms with Crippen molar-refractivity contribution in [3.05, 3.63) is 29.6 Å². The summed E-state index contributed by atoms with van der Waals surface area (Å²) in [4.78, 5) is 0. The van der Waals surface area contributed by atoms with Gasteiger partial charge >= 0.3 is 0 Å². The summed E-state index contributed by atoms with van der Waals surface area (Å²) in [5.41, 5.74) is 6.39. The smallest absolute Gasteiger partial charge is 0.165 e. The zero-order valence-electron chi connectivity index (χ0n) is 11.0. The van der Waals surface area contributed by atoms with E-state index in [1.165, 1.54) is 25.3 Å². The third-order valence-corrected chi connectivity index (χ3v) is 3.87. The van der Waals surface area contributed by atoms with Gasteiger partial charge < -0.3 is 10.5 Å². The largest absolute Gasteiger partial charge is 0.487 e. The second-order valence-corrected chi connectivity index (χ2v) is 5.11. The Kier molecular flexibility index (Phi) is 4.59. The van der Waals surface area contributed by atoms with E-state index in [9.17, 15) is 4.39 Å². The maximum Gasteiger partial charge on any atom is 0.165 e. The van der Waals surface area contributed by atoms with Gasteiger partial charge in [-0.1, -0.05) is 31.9 Å². The number of rotatable bonds is 4. The molecule has 0 saturated heterocycles. The van der Waals surface area contributed by atoms with Gasteiger partial charge in [0.15, 0.2) is 11.6 Å². The van der Waals surface area contributed by atoms with Crippen molar-refractivity contribution < 1.29 is 9.13 Å². The molecule has 0 aliphatic heterocycles. The van der Waals surface area contributed by atoms with Crippen LogP contribution in [0.2, 0.25) is 0 Å². The van der Waals surface area contributed by atoms with Crippen LogP contribution in [0.3, 0.4) is 0 Å². The van der Waals surface area contributed by atoms with E-state index in [0.717, 1.165) is 24.3 Å². The molecule has 1 aliphatic rings. The summed E-state index contributed by atoms with van der Waals surface area (Å²) in [7, 11) is 0. The van der Waals surface area contributed by atoms with Gasteiger partial charge in [-0.15, -0.1) is 0 Å². The average molecular weight is 251 g/mol. The molecule has 0 spiro atoms. The van der Waals surface area contributed by atoms with Crippen LogP contribution in [-0.2, 0) is 6.54 Å². The Hall–Kier alpha value is -1.09. The Morgan fingerprint density at radius 1 is 1.39 bits per heavy atom. The van der Waals surface area contributed by atoms with Crippen molar-refractivity contribution in [3.63, 3.8) is 0 Å². The van der Waals surface area contributed by atoms with Crippen LogP contribution in [0.5, 0.6) is 5.75 Å². The highest BCUT2D eigenvalue weighted by Crippen LogP contribution is 2.31. The molecule has 1 fully saturated rings. The molecule has 1 aliphatic carbocycles. The van der Waals surface area contributed by atoms with Gasteiger partial charge in [0.2, 0.25) is 0 Å². The minimum atomic E-state index is -0.295. The van der Waals surface area contributed by atoms with Gasteiger partial charge in [-0.3, -0.25) is 0 Å². The maximum absolute atomic E-state index is 13.8. The minimum absolute atomic E-state index is 0.144. The number of benzene rings is 1. The molecule has 2 unspecified atom stereocenters.